The van der Waals surface area contributed by atoms with E-state index in [2.05, 4.69) is 78.9 Å². The van der Waals surface area contributed by atoms with Crippen LogP contribution in [-0.4, -0.2) is 16.4 Å². The van der Waals surface area contributed by atoms with Crippen LogP contribution in [0.15, 0.2) is 88.8 Å². The minimum Gasteiger partial charge on any atom is -0.279 e. The van der Waals surface area contributed by atoms with Crippen LogP contribution in [-0.2, 0) is 0 Å². The number of nitrogens with zero attached hydrogens (tertiary/aromatic N) is 3. The predicted molar refractivity (Wildman–Crippen MR) is 114 cm³/mol. The quantitative estimate of drug-likeness (QED) is 0.582. The van der Waals surface area contributed by atoms with Crippen molar-refractivity contribution in [3.63, 3.8) is 0 Å². The molecule has 0 aliphatic carbocycles. The molecule has 2 aliphatic rings. The molecule has 3 aromatic rings. The Balaban J connectivity index is 1.39. The fourth-order valence-electron chi connectivity index (χ4n) is 4.16. The minimum atomic E-state index is 0.257. The molecule has 138 valence electrons. The van der Waals surface area contributed by atoms with Crippen molar-refractivity contribution in [2.45, 2.75) is 37.8 Å². The molecule has 28 heavy (non-hydrogen) atoms. The van der Waals surface area contributed by atoms with Gasteiger partial charge in [0.15, 0.2) is 0 Å². The van der Waals surface area contributed by atoms with Gasteiger partial charge in [0.2, 0.25) is 0 Å². The monoisotopic (exact) mass is 365 g/mol. The molecule has 0 radical (unpaired) electrons. The van der Waals surface area contributed by atoms with Crippen LogP contribution in [0.2, 0.25) is 0 Å². The van der Waals surface area contributed by atoms with E-state index < -0.39 is 0 Å². The first-order valence-corrected chi connectivity index (χ1v) is 10.1. The lowest BCUT2D eigenvalue weighted by Crippen LogP contribution is -2.06. The zero-order valence-corrected chi connectivity index (χ0v) is 15.8. The lowest BCUT2D eigenvalue weighted by atomic mass is 10.0. The topological polar surface area (TPSA) is 37.6 Å². The number of hydrogen-bond acceptors (Lipinski definition) is 3. The van der Waals surface area contributed by atoms with Gasteiger partial charge in [0.1, 0.15) is 0 Å². The number of hydrogen-bond donors (Lipinski definition) is 0. The van der Waals surface area contributed by atoms with Crippen molar-refractivity contribution >= 4 is 11.4 Å². The molecule has 0 fully saturated rings. The highest BCUT2D eigenvalue weighted by molar-refractivity contribution is 6.03. The third-order valence-electron chi connectivity index (χ3n) is 5.64. The van der Waals surface area contributed by atoms with Crippen molar-refractivity contribution in [2.24, 2.45) is 9.98 Å². The molecule has 0 unspecified atom stereocenters. The van der Waals surface area contributed by atoms with E-state index in [4.69, 9.17) is 15.0 Å². The van der Waals surface area contributed by atoms with E-state index in [0.717, 1.165) is 48.5 Å². The van der Waals surface area contributed by atoms with Crippen molar-refractivity contribution in [2.75, 3.05) is 0 Å². The molecule has 0 bridgehead atoms. The highest BCUT2D eigenvalue weighted by Gasteiger charge is 2.23. The number of aromatic nitrogens is 1. The smallest absolute Gasteiger partial charge is 0.0848 e. The zero-order chi connectivity index (χ0) is 18.8. The molecule has 3 heteroatoms. The number of benzene rings is 2. The number of pyridine rings is 1. The second kappa shape index (κ2) is 7.51. The van der Waals surface area contributed by atoms with E-state index in [1.165, 1.54) is 11.1 Å². The van der Waals surface area contributed by atoms with E-state index >= 15 is 0 Å². The molecule has 2 aromatic carbocycles. The van der Waals surface area contributed by atoms with Crippen LogP contribution in [0.1, 0.15) is 60.3 Å². The van der Waals surface area contributed by atoms with Crippen LogP contribution in [0.25, 0.3) is 0 Å². The third kappa shape index (κ3) is 3.40. The van der Waals surface area contributed by atoms with Crippen LogP contribution in [0.3, 0.4) is 0 Å². The van der Waals surface area contributed by atoms with Gasteiger partial charge in [-0.15, -0.1) is 0 Å². The van der Waals surface area contributed by atoms with Crippen molar-refractivity contribution in [3.05, 3.63) is 101 Å². The molecule has 1 aromatic heterocycles. The summed E-state index contributed by atoms with van der Waals surface area (Å²) in [5.41, 5.74) is 6.82. The summed E-state index contributed by atoms with van der Waals surface area (Å²) in [6.07, 6.45) is 4.08. The lowest BCUT2D eigenvalue weighted by molar-refractivity contribution is 0.723. The van der Waals surface area contributed by atoms with Gasteiger partial charge in [0.25, 0.3) is 0 Å². The van der Waals surface area contributed by atoms with E-state index in [1.54, 1.807) is 0 Å². The summed E-state index contributed by atoms with van der Waals surface area (Å²) < 4.78 is 0. The van der Waals surface area contributed by atoms with Crippen molar-refractivity contribution in [1.82, 2.24) is 4.98 Å². The summed E-state index contributed by atoms with van der Waals surface area (Å²) in [7, 11) is 0. The first kappa shape index (κ1) is 17.1. The fourth-order valence-corrected chi connectivity index (χ4v) is 4.16. The van der Waals surface area contributed by atoms with Gasteiger partial charge in [-0.1, -0.05) is 66.7 Å². The second-order valence-electron chi connectivity index (χ2n) is 7.49. The molecule has 0 spiro atoms. The van der Waals surface area contributed by atoms with Crippen LogP contribution < -0.4 is 0 Å². The largest absolute Gasteiger partial charge is 0.279 e. The molecule has 3 nitrogen and oxygen atoms in total. The summed E-state index contributed by atoms with van der Waals surface area (Å²) in [6.45, 7) is 0. The summed E-state index contributed by atoms with van der Waals surface area (Å²) in [5, 5.41) is 0. The highest BCUT2D eigenvalue weighted by Crippen LogP contribution is 2.32. The van der Waals surface area contributed by atoms with Crippen molar-refractivity contribution < 1.29 is 0 Å². The SMILES string of the molecule is c1ccc([C@H]2CCC(c3cccc(C4=N[C@@H](c5ccccc5)CC4)n3)=N2)cc1. The first-order chi connectivity index (χ1) is 13.9. The lowest BCUT2D eigenvalue weighted by Gasteiger charge is -2.06. The second-order valence-corrected chi connectivity index (χ2v) is 7.49. The van der Waals surface area contributed by atoms with Gasteiger partial charge < -0.3 is 0 Å². The van der Waals surface area contributed by atoms with Crippen LogP contribution in [0, 0.1) is 0 Å². The maximum absolute atomic E-state index is 4.97. The fraction of sp³-hybridized carbons (Fsp3) is 0.240. The van der Waals surface area contributed by atoms with E-state index in [9.17, 15) is 0 Å². The highest BCUT2D eigenvalue weighted by atomic mass is 14.9. The zero-order valence-electron chi connectivity index (χ0n) is 15.8. The maximum Gasteiger partial charge on any atom is 0.0848 e. The van der Waals surface area contributed by atoms with Gasteiger partial charge in [0, 0.05) is 0 Å². The van der Waals surface area contributed by atoms with Gasteiger partial charge in [-0.05, 0) is 48.9 Å². The summed E-state index contributed by atoms with van der Waals surface area (Å²) in [6, 6.07) is 27.9. The summed E-state index contributed by atoms with van der Waals surface area (Å²) >= 11 is 0. The van der Waals surface area contributed by atoms with Gasteiger partial charge in [-0.3, -0.25) is 9.98 Å². The average molecular weight is 365 g/mol. The van der Waals surface area contributed by atoms with Crippen LogP contribution in [0.4, 0.5) is 0 Å². The molecule has 2 aliphatic heterocycles. The first-order valence-electron chi connectivity index (χ1n) is 10.1. The van der Waals surface area contributed by atoms with E-state index in [1.807, 2.05) is 0 Å². The average Bonchev–Trinajstić information content (AvgIpc) is 3.46. The molecule has 2 atom stereocenters. The van der Waals surface area contributed by atoms with Crippen LogP contribution >= 0.6 is 0 Å². The molecule has 5 rings (SSSR count). The Morgan fingerprint density at radius 2 is 1.00 bits per heavy atom. The molecule has 0 saturated carbocycles. The Hall–Kier alpha value is -3.07. The van der Waals surface area contributed by atoms with Gasteiger partial charge in [-0.25, -0.2) is 4.98 Å². The molecule has 0 N–H and O–H groups in total. The number of aliphatic imine (C=N–C) groups is 2. The Kier molecular flexibility index (Phi) is 4.58. The Labute approximate surface area is 165 Å². The van der Waals surface area contributed by atoms with Gasteiger partial charge >= 0.3 is 0 Å². The maximum atomic E-state index is 4.97. The summed E-state index contributed by atoms with van der Waals surface area (Å²) in [4.78, 5) is 14.9. The van der Waals surface area contributed by atoms with Crippen molar-refractivity contribution in [3.8, 4) is 0 Å². The standard InChI is InChI=1S/C25H23N3/c1-3-8-18(9-4-1)20-14-16-24(26-20)22-12-7-13-23(28-22)25-17-15-21(27-25)19-10-5-2-6-11-19/h1-13,20-21H,14-17H2/t20-,21-/m1/s1. The van der Waals surface area contributed by atoms with E-state index in [0.29, 0.717) is 0 Å². The summed E-state index contributed by atoms with van der Waals surface area (Å²) in [5.74, 6) is 0. The number of rotatable bonds is 4. The van der Waals surface area contributed by atoms with E-state index in [-0.39, 0.29) is 12.1 Å². The van der Waals surface area contributed by atoms with Crippen LogP contribution in [0.5, 0.6) is 0 Å². The molecular formula is C25H23N3. The Bertz CT molecular complexity index is 941. The molecule has 0 amide bonds. The van der Waals surface area contributed by atoms with Crippen molar-refractivity contribution in [1.29, 1.82) is 0 Å². The molecular weight excluding hydrogens is 342 g/mol. The minimum absolute atomic E-state index is 0.257. The van der Waals surface area contributed by atoms with Gasteiger partial charge in [0.05, 0.1) is 34.9 Å². The third-order valence-corrected chi connectivity index (χ3v) is 5.64. The molecule has 3 heterocycles. The van der Waals surface area contributed by atoms with Gasteiger partial charge in [-0.2, -0.15) is 0 Å². The molecule has 0 saturated heterocycles. The normalized spacial score (nSPS) is 21.4. The Morgan fingerprint density at radius 3 is 1.46 bits per heavy atom. The predicted octanol–water partition coefficient (Wildman–Crippen LogP) is 5.73. The Morgan fingerprint density at radius 1 is 0.536 bits per heavy atom.